The first-order chi connectivity index (χ1) is 11.8. The van der Waals surface area contributed by atoms with E-state index in [1.807, 2.05) is 18.2 Å². The van der Waals surface area contributed by atoms with Crippen molar-refractivity contribution < 1.29 is 13.2 Å². The summed E-state index contributed by atoms with van der Waals surface area (Å²) < 4.78 is 40.7. The molecular formula is C21H22ClF3. The van der Waals surface area contributed by atoms with Crippen LogP contribution in [0.3, 0.4) is 0 Å². The molecule has 4 heteroatoms. The van der Waals surface area contributed by atoms with E-state index in [-0.39, 0.29) is 22.5 Å². The number of hydrogen-bond donors (Lipinski definition) is 0. The van der Waals surface area contributed by atoms with Crippen LogP contribution >= 0.6 is 11.6 Å². The zero-order valence-corrected chi connectivity index (χ0v) is 15.2. The van der Waals surface area contributed by atoms with E-state index in [4.69, 9.17) is 11.6 Å². The van der Waals surface area contributed by atoms with Crippen LogP contribution in [0.2, 0.25) is 0 Å². The fraction of sp³-hybridized carbons (Fsp3) is 0.429. The predicted molar refractivity (Wildman–Crippen MR) is 96.7 cm³/mol. The number of halogens is 4. The minimum atomic E-state index is -2.62. The van der Waals surface area contributed by atoms with Gasteiger partial charge in [0, 0.05) is 17.0 Å². The molecule has 1 aliphatic rings. The van der Waals surface area contributed by atoms with Crippen molar-refractivity contribution in [3.8, 4) is 11.1 Å². The highest BCUT2D eigenvalue weighted by atomic mass is 35.5. The van der Waals surface area contributed by atoms with Crippen LogP contribution in [-0.2, 0) is 5.88 Å². The Morgan fingerprint density at radius 1 is 1.12 bits per heavy atom. The van der Waals surface area contributed by atoms with Crippen LogP contribution in [-0.4, -0.2) is 0 Å². The van der Waals surface area contributed by atoms with E-state index >= 15 is 0 Å². The lowest BCUT2D eigenvalue weighted by Crippen LogP contribution is -2.16. The van der Waals surface area contributed by atoms with E-state index in [1.165, 1.54) is 6.07 Å². The van der Waals surface area contributed by atoms with Crippen LogP contribution in [0, 0.1) is 11.2 Å². The topological polar surface area (TPSA) is 0 Å². The van der Waals surface area contributed by atoms with Crippen molar-refractivity contribution in [1.29, 1.82) is 0 Å². The van der Waals surface area contributed by atoms with Crippen molar-refractivity contribution in [3.63, 3.8) is 0 Å². The van der Waals surface area contributed by atoms with Crippen LogP contribution in [0.15, 0.2) is 36.4 Å². The quantitative estimate of drug-likeness (QED) is 0.492. The molecule has 0 aliphatic heterocycles. The molecule has 0 amide bonds. The standard InChI is InChI=1S/C21H22ClF3/c1-21(2)9-3-4-18(21)16-10-13(12-22)5-7-15(16)17-11-14(20(24)25)6-8-19(17)23/h5-8,10-11,18,20H,3-4,9,12H2,1-2H3/t18-/m0/s1. The van der Waals surface area contributed by atoms with Crippen molar-refractivity contribution in [3.05, 3.63) is 58.9 Å². The lowest BCUT2D eigenvalue weighted by atomic mass is 9.75. The first-order valence-corrected chi connectivity index (χ1v) is 9.13. The molecular weight excluding hydrogens is 345 g/mol. The minimum absolute atomic E-state index is 0.0937. The zero-order chi connectivity index (χ0) is 18.2. The van der Waals surface area contributed by atoms with Gasteiger partial charge in [-0.05, 0) is 53.0 Å². The molecule has 134 valence electrons. The Balaban J connectivity index is 2.18. The molecule has 0 N–H and O–H groups in total. The summed E-state index contributed by atoms with van der Waals surface area (Å²) in [6.07, 6.45) is 0.610. The third-order valence-electron chi connectivity index (χ3n) is 5.44. The van der Waals surface area contributed by atoms with Gasteiger partial charge in [0.05, 0.1) is 0 Å². The Bertz CT molecular complexity index is 768. The second-order valence-electron chi connectivity index (χ2n) is 7.53. The van der Waals surface area contributed by atoms with Gasteiger partial charge in [-0.3, -0.25) is 0 Å². The molecule has 0 aromatic heterocycles. The maximum absolute atomic E-state index is 14.5. The molecule has 1 saturated carbocycles. The molecule has 0 saturated heterocycles. The van der Waals surface area contributed by atoms with Crippen molar-refractivity contribution >= 4 is 11.6 Å². The molecule has 0 bridgehead atoms. The molecule has 2 aromatic rings. The smallest absolute Gasteiger partial charge is 0.206 e. The highest BCUT2D eigenvalue weighted by Gasteiger charge is 2.37. The molecule has 0 radical (unpaired) electrons. The average molecular weight is 367 g/mol. The summed E-state index contributed by atoms with van der Waals surface area (Å²) in [6, 6.07) is 9.26. The second kappa shape index (κ2) is 7.03. The Labute approximate surface area is 152 Å². The van der Waals surface area contributed by atoms with Crippen molar-refractivity contribution in [2.75, 3.05) is 0 Å². The maximum Gasteiger partial charge on any atom is 0.263 e. The number of benzene rings is 2. The van der Waals surface area contributed by atoms with Crippen LogP contribution in [0.25, 0.3) is 11.1 Å². The molecule has 1 atom stereocenters. The third-order valence-corrected chi connectivity index (χ3v) is 5.74. The summed E-state index contributed by atoms with van der Waals surface area (Å²) in [5, 5.41) is 0. The Morgan fingerprint density at radius 3 is 2.48 bits per heavy atom. The fourth-order valence-corrected chi connectivity index (χ4v) is 4.18. The van der Waals surface area contributed by atoms with Crippen LogP contribution in [0.1, 0.15) is 62.1 Å². The summed E-state index contributed by atoms with van der Waals surface area (Å²) in [5.41, 5.74) is 2.87. The number of rotatable bonds is 4. The zero-order valence-electron chi connectivity index (χ0n) is 14.5. The van der Waals surface area contributed by atoms with Gasteiger partial charge in [0.25, 0.3) is 6.43 Å². The largest absolute Gasteiger partial charge is 0.263 e. The lowest BCUT2D eigenvalue weighted by Gasteiger charge is -2.30. The van der Waals surface area contributed by atoms with Gasteiger partial charge in [-0.1, -0.05) is 44.5 Å². The number of alkyl halides is 3. The van der Waals surface area contributed by atoms with Gasteiger partial charge in [0.15, 0.2) is 0 Å². The minimum Gasteiger partial charge on any atom is -0.206 e. The molecule has 1 fully saturated rings. The van der Waals surface area contributed by atoms with Crippen molar-refractivity contribution in [2.24, 2.45) is 5.41 Å². The SMILES string of the molecule is CC1(C)CCC[C@H]1c1cc(CCl)ccc1-c1cc(C(F)F)ccc1F. The average Bonchev–Trinajstić information content (AvgIpc) is 2.93. The normalized spacial score (nSPS) is 19.6. The molecule has 25 heavy (non-hydrogen) atoms. The van der Waals surface area contributed by atoms with Crippen LogP contribution in [0.5, 0.6) is 0 Å². The lowest BCUT2D eigenvalue weighted by molar-refractivity contribution is 0.151. The highest BCUT2D eigenvalue weighted by molar-refractivity contribution is 6.17. The van der Waals surface area contributed by atoms with E-state index in [0.717, 1.165) is 42.5 Å². The van der Waals surface area contributed by atoms with E-state index in [1.54, 1.807) is 0 Å². The second-order valence-corrected chi connectivity index (χ2v) is 7.80. The molecule has 1 aliphatic carbocycles. The number of hydrogen-bond acceptors (Lipinski definition) is 0. The first kappa shape index (κ1) is 18.3. The van der Waals surface area contributed by atoms with Gasteiger partial charge < -0.3 is 0 Å². The van der Waals surface area contributed by atoms with Gasteiger partial charge >= 0.3 is 0 Å². The third kappa shape index (κ3) is 3.57. The van der Waals surface area contributed by atoms with Crippen LogP contribution in [0.4, 0.5) is 13.2 Å². The van der Waals surface area contributed by atoms with Crippen molar-refractivity contribution in [1.82, 2.24) is 0 Å². The molecule has 0 nitrogen and oxygen atoms in total. The first-order valence-electron chi connectivity index (χ1n) is 8.60. The van der Waals surface area contributed by atoms with Gasteiger partial charge in [-0.2, -0.15) is 0 Å². The van der Waals surface area contributed by atoms with E-state index in [2.05, 4.69) is 13.8 Å². The molecule has 0 spiro atoms. The molecule has 2 aromatic carbocycles. The highest BCUT2D eigenvalue weighted by Crippen LogP contribution is 2.51. The van der Waals surface area contributed by atoms with E-state index in [0.29, 0.717) is 11.4 Å². The van der Waals surface area contributed by atoms with Gasteiger partial charge in [0.2, 0.25) is 0 Å². The monoisotopic (exact) mass is 366 g/mol. The molecule has 0 unspecified atom stereocenters. The van der Waals surface area contributed by atoms with Crippen molar-refractivity contribution in [2.45, 2.75) is 51.3 Å². The molecule has 3 rings (SSSR count). The van der Waals surface area contributed by atoms with Gasteiger partial charge in [-0.25, -0.2) is 13.2 Å². The predicted octanol–water partition coefficient (Wildman–Crippen LogP) is 7.46. The molecule has 0 heterocycles. The maximum atomic E-state index is 14.5. The van der Waals surface area contributed by atoms with E-state index in [9.17, 15) is 13.2 Å². The summed E-state index contributed by atoms with van der Waals surface area (Å²) in [5.74, 6) is 0.167. The summed E-state index contributed by atoms with van der Waals surface area (Å²) in [4.78, 5) is 0. The Hall–Kier alpha value is -1.48. The summed E-state index contributed by atoms with van der Waals surface area (Å²) in [6.45, 7) is 4.43. The van der Waals surface area contributed by atoms with Gasteiger partial charge in [-0.15, -0.1) is 11.6 Å². The van der Waals surface area contributed by atoms with Gasteiger partial charge in [0.1, 0.15) is 5.82 Å². The Morgan fingerprint density at radius 2 is 1.88 bits per heavy atom. The summed E-state index contributed by atoms with van der Waals surface area (Å²) >= 11 is 6.00. The van der Waals surface area contributed by atoms with E-state index < -0.39 is 12.2 Å². The van der Waals surface area contributed by atoms with Crippen LogP contribution < -0.4 is 0 Å². The fourth-order valence-electron chi connectivity index (χ4n) is 4.02. The Kier molecular flexibility index (Phi) is 5.15. The summed E-state index contributed by atoms with van der Waals surface area (Å²) in [7, 11) is 0.